The summed E-state index contributed by atoms with van der Waals surface area (Å²) < 4.78 is 1.76. The molecule has 0 aliphatic heterocycles. The quantitative estimate of drug-likeness (QED) is 0.868. The number of thiophene rings is 1. The second-order valence-corrected chi connectivity index (χ2v) is 4.55. The van der Waals surface area contributed by atoms with Gasteiger partial charge in [-0.05, 0) is 25.3 Å². The minimum Gasteiger partial charge on any atom is -0.318 e. The average molecular weight is 235 g/mol. The number of nitrogens with zero attached hydrogens (tertiary/aromatic N) is 2. The fourth-order valence-electron chi connectivity index (χ4n) is 1.54. The van der Waals surface area contributed by atoms with Crippen LogP contribution in [0, 0.1) is 13.8 Å². The predicted octanol–water partition coefficient (Wildman–Crippen LogP) is 2.35. The molecule has 2 aromatic heterocycles. The van der Waals surface area contributed by atoms with Crippen LogP contribution < -0.4 is 5.32 Å². The fourth-order valence-corrected chi connectivity index (χ4v) is 2.16. The van der Waals surface area contributed by atoms with Crippen LogP contribution in [-0.2, 0) is 7.05 Å². The summed E-state index contributed by atoms with van der Waals surface area (Å²) in [6.45, 7) is 3.82. The van der Waals surface area contributed by atoms with E-state index in [-0.39, 0.29) is 5.91 Å². The Morgan fingerprint density at radius 3 is 2.75 bits per heavy atom. The number of amides is 1. The van der Waals surface area contributed by atoms with Crippen molar-refractivity contribution in [3.8, 4) is 0 Å². The maximum atomic E-state index is 11.9. The normalized spacial score (nSPS) is 10.4. The Kier molecular flexibility index (Phi) is 2.78. The van der Waals surface area contributed by atoms with Crippen LogP contribution in [-0.4, -0.2) is 15.7 Å². The van der Waals surface area contributed by atoms with Gasteiger partial charge in [0.25, 0.3) is 5.91 Å². The van der Waals surface area contributed by atoms with E-state index in [9.17, 15) is 4.79 Å². The fraction of sp³-hybridized carbons (Fsp3) is 0.273. The molecule has 0 unspecified atom stereocenters. The zero-order valence-corrected chi connectivity index (χ0v) is 10.3. The van der Waals surface area contributed by atoms with E-state index in [0.717, 1.165) is 17.1 Å². The summed E-state index contributed by atoms with van der Waals surface area (Å²) in [5, 5.41) is 9.03. The maximum absolute atomic E-state index is 11.9. The number of hydrogen-bond donors (Lipinski definition) is 1. The second kappa shape index (κ2) is 4.09. The summed E-state index contributed by atoms with van der Waals surface area (Å²) in [6, 6.07) is 3.67. The molecule has 0 saturated heterocycles. The summed E-state index contributed by atoms with van der Waals surface area (Å²) in [4.78, 5) is 12.6. The highest BCUT2D eigenvalue weighted by atomic mass is 32.1. The van der Waals surface area contributed by atoms with Gasteiger partial charge in [-0.25, -0.2) is 0 Å². The molecule has 5 heteroatoms. The number of carbonyl (C=O) groups excluding carboxylic acids is 1. The lowest BCUT2D eigenvalue weighted by atomic mass is 10.3. The van der Waals surface area contributed by atoms with Crippen LogP contribution in [0.25, 0.3) is 0 Å². The van der Waals surface area contributed by atoms with E-state index < -0.39 is 0 Å². The van der Waals surface area contributed by atoms with Crippen molar-refractivity contribution in [2.45, 2.75) is 13.8 Å². The molecule has 0 aliphatic carbocycles. The Labute approximate surface area is 97.9 Å². The second-order valence-electron chi connectivity index (χ2n) is 3.60. The predicted molar refractivity (Wildman–Crippen MR) is 65.0 cm³/mol. The highest BCUT2D eigenvalue weighted by Gasteiger charge is 2.13. The third-order valence-corrected chi connectivity index (χ3v) is 3.36. The molecule has 0 aliphatic rings. The van der Waals surface area contributed by atoms with E-state index >= 15 is 0 Å². The molecule has 2 heterocycles. The van der Waals surface area contributed by atoms with Crippen molar-refractivity contribution >= 4 is 22.9 Å². The molecule has 0 fully saturated rings. The van der Waals surface area contributed by atoms with Crippen molar-refractivity contribution in [1.82, 2.24) is 9.78 Å². The highest BCUT2D eigenvalue weighted by Crippen LogP contribution is 2.20. The molecule has 0 spiro atoms. The number of nitrogens with one attached hydrogen (secondary N) is 1. The molecule has 84 valence electrons. The molecule has 0 bridgehead atoms. The average Bonchev–Trinajstić information content (AvgIpc) is 2.83. The van der Waals surface area contributed by atoms with E-state index in [4.69, 9.17) is 0 Å². The van der Waals surface area contributed by atoms with Gasteiger partial charge in [0.15, 0.2) is 0 Å². The van der Waals surface area contributed by atoms with E-state index in [1.54, 1.807) is 10.7 Å². The van der Waals surface area contributed by atoms with Gasteiger partial charge in [0.05, 0.1) is 22.0 Å². The monoisotopic (exact) mass is 235 g/mol. The van der Waals surface area contributed by atoms with E-state index in [2.05, 4.69) is 10.4 Å². The molecule has 2 rings (SSSR count). The first-order chi connectivity index (χ1) is 7.59. The van der Waals surface area contributed by atoms with Crippen LogP contribution in [0.3, 0.4) is 0 Å². The Morgan fingerprint density at radius 2 is 2.25 bits per heavy atom. The van der Waals surface area contributed by atoms with E-state index in [1.165, 1.54) is 11.3 Å². The summed E-state index contributed by atoms with van der Waals surface area (Å²) >= 11 is 1.43. The van der Waals surface area contributed by atoms with Gasteiger partial charge in [-0.2, -0.15) is 5.10 Å². The molecule has 1 N–H and O–H groups in total. The molecule has 4 nitrogen and oxygen atoms in total. The number of carbonyl (C=O) groups is 1. The van der Waals surface area contributed by atoms with Crippen molar-refractivity contribution in [1.29, 1.82) is 0 Å². The Bertz CT molecular complexity index is 514. The molecule has 0 atom stereocenters. The molecular weight excluding hydrogens is 222 g/mol. The number of aromatic nitrogens is 2. The molecule has 0 saturated carbocycles. The minimum absolute atomic E-state index is 0.0748. The van der Waals surface area contributed by atoms with E-state index in [0.29, 0.717) is 4.88 Å². The third-order valence-electron chi connectivity index (χ3n) is 2.49. The zero-order chi connectivity index (χ0) is 11.7. The highest BCUT2D eigenvalue weighted by molar-refractivity contribution is 7.12. The van der Waals surface area contributed by atoms with Crippen molar-refractivity contribution in [2.24, 2.45) is 7.05 Å². The smallest absolute Gasteiger partial charge is 0.265 e. The molecular formula is C11H13N3OS. The van der Waals surface area contributed by atoms with Crippen molar-refractivity contribution in [2.75, 3.05) is 5.32 Å². The van der Waals surface area contributed by atoms with Crippen molar-refractivity contribution < 1.29 is 4.79 Å². The lowest BCUT2D eigenvalue weighted by Gasteiger charge is -2.03. The topological polar surface area (TPSA) is 46.9 Å². The Balaban J connectivity index is 2.25. The van der Waals surface area contributed by atoms with Crippen LogP contribution in [0.15, 0.2) is 17.5 Å². The largest absolute Gasteiger partial charge is 0.318 e. The van der Waals surface area contributed by atoms with E-state index in [1.807, 2.05) is 32.3 Å². The zero-order valence-electron chi connectivity index (χ0n) is 9.44. The van der Waals surface area contributed by atoms with Crippen LogP contribution >= 0.6 is 11.3 Å². The molecule has 0 aromatic carbocycles. The van der Waals surface area contributed by atoms with Crippen LogP contribution in [0.4, 0.5) is 5.69 Å². The van der Waals surface area contributed by atoms with Gasteiger partial charge in [0, 0.05) is 7.05 Å². The van der Waals surface area contributed by atoms with Gasteiger partial charge >= 0.3 is 0 Å². The summed E-state index contributed by atoms with van der Waals surface area (Å²) in [5.41, 5.74) is 2.60. The van der Waals surface area contributed by atoms with Crippen molar-refractivity contribution in [3.63, 3.8) is 0 Å². The Hall–Kier alpha value is -1.62. The first kappa shape index (κ1) is 10.9. The third kappa shape index (κ3) is 1.86. The molecule has 0 radical (unpaired) electrons. The molecule has 2 aromatic rings. The van der Waals surface area contributed by atoms with Gasteiger partial charge in [-0.3, -0.25) is 9.48 Å². The lowest BCUT2D eigenvalue weighted by molar-refractivity contribution is 0.103. The van der Waals surface area contributed by atoms with Gasteiger partial charge in [-0.15, -0.1) is 11.3 Å². The molecule has 16 heavy (non-hydrogen) atoms. The SMILES string of the molecule is Cc1nn(C)c(C)c1NC(=O)c1cccs1. The first-order valence-corrected chi connectivity index (χ1v) is 5.82. The van der Waals surface area contributed by atoms with Crippen LogP contribution in [0.5, 0.6) is 0 Å². The molecule has 1 amide bonds. The van der Waals surface area contributed by atoms with Gasteiger partial charge in [-0.1, -0.05) is 6.07 Å². The van der Waals surface area contributed by atoms with Crippen molar-refractivity contribution in [3.05, 3.63) is 33.8 Å². The number of aryl methyl sites for hydroxylation is 2. The summed E-state index contributed by atoms with van der Waals surface area (Å²) in [5.74, 6) is -0.0748. The number of anilines is 1. The van der Waals surface area contributed by atoms with Crippen LogP contribution in [0.2, 0.25) is 0 Å². The minimum atomic E-state index is -0.0748. The maximum Gasteiger partial charge on any atom is 0.265 e. The summed E-state index contributed by atoms with van der Waals surface area (Å²) in [7, 11) is 1.86. The first-order valence-electron chi connectivity index (χ1n) is 4.94. The summed E-state index contributed by atoms with van der Waals surface area (Å²) in [6.07, 6.45) is 0. The van der Waals surface area contributed by atoms with Crippen LogP contribution in [0.1, 0.15) is 21.1 Å². The lowest BCUT2D eigenvalue weighted by Crippen LogP contribution is -2.11. The van der Waals surface area contributed by atoms with Gasteiger partial charge in [0.2, 0.25) is 0 Å². The number of rotatable bonds is 2. The standard InChI is InChI=1S/C11H13N3OS/c1-7-10(8(2)14(3)13-7)12-11(15)9-5-4-6-16-9/h4-6H,1-3H3,(H,12,15). The van der Waals surface area contributed by atoms with Gasteiger partial charge in [0.1, 0.15) is 0 Å². The number of hydrogen-bond acceptors (Lipinski definition) is 3. The van der Waals surface area contributed by atoms with Gasteiger partial charge < -0.3 is 5.32 Å². The Morgan fingerprint density at radius 1 is 1.50 bits per heavy atom.